The number of amides is 1. The van der Waals surface area contributed by atoms with Gasteiger partial charge in [0.05, 0.1) is 0 Å². The number of aliphatic hydroxyl groups is 1. The van der Waals surface area contributed by atoms with E-state index in [1.165, 1.54) is 0 Å². The van der Waals surface area contributed by atoms with Gasteiger partial charge in [0, 0.05) is 38.6 Å². The van der Waals surface area contributed by atoms with Crippen molar-refractivity contribution in [2.75, 3.05) is 39.3 Å². The maximum Gasteiger partial charge on any atom is 0.225 e. The van der Waals surface area contributed by atoms with Gasteiger partial charge in [0.15, 0.2) is 0 Å². The van der Waals surface area contributed by atoms with E-state index in [-0.39, 0.29) is 0 Å². The summed E-state index contributed by atoms with van der Waals surface area (Å²) in [5.74, 6) is 1.47. The van der Waals surface area contributed by atoms with Crippen LogP contribution in [0.3, 0.4) is 0 Å². The first-order valence-corrected chi connectivity index (χ1v) is 8.92. The number of ether oxygens (including phenoxy) is 1. The lowest BCUT2D eigenvalue weighted by atomic mass is 10.1. The molecule has 132 valence electrons. The number of carbonyl (C=O) groups excluding carboxylic acids is 1. The molecule has 0 bridgehead atoms. The van der Waals surface area contributed by atoms with Gasteiger partial charge in [-0.25, -0.2) is 0 Å². The van der Waals surface area contributed by atoms with E-state index < -0.39 is 6.10 Å². The summed E-state index contributed by atoms with van der Waals surface area (Å²) in [6.07, 6.45) is 1.61. The third-order valence-electron chi connectivity index (χ3n) is 4.85. The number of β-amino-alcohol motifs (C(OH)–C–C–N with tert-alkyl or cyclic N) is 1. The molecule has 1 atom stereocenters. The van der Waals surface area contributed by atoms with E-state index >= 15 is 0 Å². The number of aryl methyl sites for hydroxylation is 2. The second kappa shape index (κ2) is 7.53. The van der Waals surface area contributed by atoms with Crippen LogP contribution >= 0.6 is 0 Å². The van der Waals surface area contributed by atoms with E-state index in [2.05, 4.69) is 11.0 Å². The van der Waals surface area contributed by atoms with Crippen molar-refractivity contribution in [3.05, 3.63) is 29.3 Å². The predicted molar refractivity (Wildman–Crippen MR) is 93.2 cm³/mol. The van der Waals surface area contributed by atoms with E-state index in [4.69, 9.17) is 4.74 Å². The summed E-state index contributed by atoms with van der Waals surface area (Å²) < 4.78 is 5.78. The molecule has 0 aromatic heterocycles. The van der Waals surface area contributed by atoms with Gasteiger partial charge >= 0.3 is 0 Å². The zero-order valence-corrected chi connectivity index (χ0v) is 14.7. The molecule has 5 nitrogen and oxygen atoms in total. The summed E-state index contributed by atoms with van der Waals surface area (Å²) in [4.78, 5) is 16.2. The molecule has 2 aliphatic rings. The average Bonchev–Trinajstić information content (AvgIpc) is 3.41. The number of benzene rings is 1. The molecular weight excluding hydrogens is 304 g/mol. The molecule has 0 radical (unpaired) electrons. The molecule has 1 saturated heterocycles. The van der Waals surface area contributed by atoms with Gasteiger partial charge in [-0.1, -0.05) is 12.1 Å². The molecule has 3 rings (SSSR count). The fraction of sp³-hybridized carbons (Fsp3) is 0.632. The number of hydrogen-bond donors (Lipinski definition) is 1. The first kappa shape index (κ1) is 17.2. The SMILES string of the molecule is Cc1ccc(C)c(OC[C@H](O)CN2CCN(C(=O)C3CC3)CC2)c1. The highest BCUT2D eigenvalue weighted by atomic mass is 16.5. The Morgan fingerprint density at radius 3 is 2.62 bits per heavy atom. The lowest BCUT2D eigenvalue weighted by molar-refractivity contribution is -0.134. The van der Waals surface area contributed by atoms with Crippen molar-refractivity contribution in [2.45, 2.75) is 32.8 Å². The lowest BCUT2D eigenvalue weighted by Gasteiger charge is -2.35. The van der Waals surface area contributed by atoms with Crippen LogP contribution in [0.5, 0.6) is 5.75 Å². The minimum Gasteiger partial charge on any atom is -0.491 e. The smallest absolute Gasteiger partial charge is 0.225 e. The molecule has 24 heavy (non-hydrogen) atoms. The first-order chi connectivity index (χ1) is 11.5. The van der Waals surface area contributed by atoms with Crippen LogP contribution in [-0.4, -0.2) is 66.2 Å². The van der Waals surface area contributed by atoms with E-state index in [1.54, 1.807) is 0 Å². The molecule has 5 heteroatoms. The Balaban J connectivity index is 1.40. The van der Waals surface area contributed by atoms with Crippen molar-refractivity contribution in [1.82, 2.24) is 9.80 Å². The quantitative estimate of drug-likeness (QED) is 0.860. The highest BCUT2D eigenvalue weighted by Gasteiger charge is 2.34. The standard InChI is InChI=1S/C19H28N2O3/c1-14-3-4-15(2)18(11-14)24-13-17(22)12-20-7-9-21(10-8-20)19(23)16-5-6-16/h3-4,11,16-17,22H,5-10,12-13H2,1-2H3/t17-/m1/s1. The Kier molecular flexibility index (Phi) is 5.41. The summed E-state index contributed by atoms with van der Waals surface area (Å²) in [7, 11) is 0. The molecule has 1 N–H and O–H groups in total. The number of carbonyl (C=O) groups is 1. The van der Waals surface area contributed by atoms with Crippen LogP contribution < -0.4 is 4.74 Å². The fourth-order valence-corrected chi connectivity index (χ4v) is 3.14. The van der Waals surface area contributed by atoms with Crippen molar-refractivity contribution in [3.8, 4) is 5.75 Å². The molecule has 1 saturated carbocycles. The van der Waals surface area contributed by atoms with Crippen molar-refractivity contribution >= 4 is 5.91 Å². The average molecular weight is 332 g/mol. The first-order valence-electron chi connectivity index (χ1n) is 8.92. The van der Waals surface area contributed by atoms with Gasteiger partial charge < -0.3 is 14.7 Å². The highest BCUT2D eigenvalue weighted by molar-refractivity contribution is 5.81. The van der Waals surface area contributed by atoms with Crippen molar-refractivity contribution in [2.24, 2.45) is 5.92 Å². The Labute approximate surface area is 144 Å². The summed E-state index contributed by atoms with van der Waals surface area (Å²) in [5.41, 5.74) is 2.24. The molecule has 1 aliphatic carbocycles. The molecule has 1 amide bonds. The van der Waals surface area contributed by atoms with Gasteiger partial charge in [0.25, 0.3) is 0 Å². The van der Waals surface area contributed by atoms with Crippen LogP contribution in [0.4, 0.5) is 0 Å². The van der Waals surface area contributed by atoms with Gasteiger partial charge in [0.2, 0.25) is 5.91 Å². The Morgan fingerprint density at radius 1 is 1.25 bits per heavy atom. The Bertz CT molecular complexity index is 578. The van der Waals surface area contributed by atoms with Crippen LogP contribution in [-0.2, 0) is 4.79 Å². The second-order valence-corrected chi connectivity index (χ2v) is 7.13. The third kappa shape index (κ3) is 4.48. The second-order valence-electron chi connectivity index (χ2n) is 7.13. The Morgan fingerprint density at radius 2 is 1.96 bits per heavy atom. The van der Waals surface area contributed by atoms with Gasteiger partial charge in [-0.3, -0.25) is 9.69 Å². The minimum absolute atomic E-state index is 0.297. The fourth-order valence-electron chi connectivity index (χ4n) is 3.14. The summed E-state index contributed by atoms with van der Waals surface area (Å²) in [6, 6.07) is 6.10. The van der Waals surface area contributed by atoms with E-state index in [1.807, 2.05) is 30.9 Å². The monoisotopic (exact) mass is 332 g/mol. The zero-order chi connectivity index (χ0) is 17.1. The number of hydrogen-bond acceptors (Lipinski definition) is 4. The molecule has 1 heterocycles. The lowest BCUT2D eigenvalue weighted by Crippen LogP contribution is -2.51. The minimum atomic E-state index is -0.518. The van der Waals surface area contributed by atoms with E-state index in [9.17, 15) is 9.90 Å². The molecule has 1 aromatic rings. The van der Waals surface area contributed by atoms with Crippen LogP contribution in [0.2, 0.25) is 0 Å². The molecule has 1 aliphatic heterocycles. The van der Waals surface area contributed by atoms with Gasteiger partial charge in [-0.2, -0.15) is 0 Å². The normalized spacial score (nSPS) is 20.0. The van der Waals surface area contributed by atoms with Gasteiger partial charge in [0.1, 0.15) is 18.5 Å². The van der Waals surface area contributed by atoms with Crippen LogP contribution in [0.25, 0.3) is 0 Å². The predicted octanol–water partition coefficient (Wildman–Crippen LogP) is 1.60. The van der Waals surface area contributed by atoms with Crippen molar-refractivity contribution < 1.29 is 14.6 Å². The van der Waals surface area contributed by atoms with Crippen LogP contribution in [0.15, 0.2) is 18.2 Å². The van der Waals surface area contributed by atoms with Gasteiger partial charge in [-0.05, 0) is 43.9 Å². The molecule has 1 aromatic carbocycles. The molecular formula is C19H28N2O3. The molecule has 0 unspecified atom stereocenters. The molecule has 2 fully saturated rings. The van der Waals surface area contributed by atoms with E-state index in [0.717, 1.165) is 55.9 Å². The maximum atomic E-state index is 12.0. The van der Waals surface area contributed by atoms with Crippen molar-refractivity contribution in [1.29, 1.82) is 0 Å². The van der Waals surface area contributed by atoms with Crippen LogP contribution in [0, 0.1) is 19.8 Å². The number of rotatable bonds is 6. The maximum absolute atomic E-state index is 12.0. The van der Waals surface area contributed by atoms with E-state index in [0.29, 0.717) is 25.0 Å². The summed E-state index contributed by atoms with van der Waals surface area (Å²) in [5, 5.41) is 10.2. The zero-order valence-electron chi connectivity index (χ0n) is 14.7. The third-order valence-corrected chi connectivity index (χ3v) is 4.85. The molecule has 0 spiro atoms. The van der Waals surface area contributed by atoms with Crippen LogP contribution in [0.1, 0.15) is 24.0 Å². The topological polar surface area (TPSA) is 53.0 Å². The summed E-state index contributed by atoms with van der Waals surface area (Å²) in [6.45, 7) is 8.15. The van der Waals surface area contributed by atoms with Gasteiger partial charge in [-0.15, -0.1) is 0 Å². The summed E-state index contributed by atoms with van der Waals surface area (Å²) >= 11 is 0. The number of piperazine rings is 1. The largest absolute Gasteiger partial charge is 0.491 e. The number of aliphatic hydroxyl groups excluding tert-OH is 1. The van der Waals surface area contributed by atoms with Crippen molar-refractivity contribution in [3.63, 3.8) is 0 Å². The highest BCUT2D eigenvalue weighted by Crippen LogP contribution is 2.31. The number of nitrogens with zero attached hydrogens (tertiary/aromatic N) is 2. The Hall–Kier alpha value is -1.59.